The monoisotopic (exact) mass is 339 g/mol. The Balaban J connectivity index is 1.87. The number of ketones is 1. The highest BCUT2D eigenvalue weighted by molar-refractivity contribution is 6.08. The maximum absolute atomic E-state index is 12.8. The molecular formula is C20H21NO4. The molecule has 1 N–H and O–H groups in total. The summed E-state index contributed by atoms with van der Waals surface area (Å²) in [6.45, 7) is 0. The van der Waals surface area contributed by atoms with Crippen molar-refractivity contribution in [2.75, 3.05) is 7.11 Å². The van der Waals surface area contributed by atoms with E-state index in [-0.39, 0.29) is 17.6 Å². The molecule has 3 rings (SSSR count). The summed E-state index contributed by atoms with van der Waals surface area (Å²) < 4.78 is 4.86. The lowest BCUT2D eigenvalue weighted by atomic mass is 9.83. The fourth-order valence-electron chi connectivity index (χ4n) is 3.48. The predicted molar refractivity (Wildman–Crippen MR) is 94.2 cm³/mol. The zero-order chi connectivity index (χ0) is 17.8. The van der Waals surface area contributed by atoms with E-state index in [1.54, 1.807) is 6.07 Å². The van der Waals surface area contributed by atoms with Crippen LogP contribution in [-0.2, 0) is 14.3 Å². The van der Waals surface area contributed by atoms with Crippen molar-refractivity contribution in [3.63, 3.8) is 0 Å². The molecule has 25 heavy (non-hydrogen) atoms. The largest absolute Gasteiger partial charge is 0.467 e. The maximum atomic E-state index is 12.8. The van der Waals surface area contributed by atoms with Crippen LogP contribution in [0.5, 0.6) is 0 Å². The average molecular weight is 339 g/mol. The quantitative estimate of drug-likeness (QED) is 0.870. The van der Waals surface area contributed by atoms with Gasteiger partial charge in [0.15, 0.2) is 0 Å². The highest BCUT2D eigenvalue weighted by Crippen LogP contribution is 2.26. The standard InChI is InChI=1S/C20H21NO4/c1-25-20(24)18(14-8-4-9-15(22)12-14)21-19(23)17-11-5-7-13-6-2-3-10-16(13)17/h2-3,5-7,10-11,14,18H,4,8-9,12H2,1H3,(H,21,23)/t14-,18-/m0/s1. The predicted octanol–water partition coefficient (Wildman–Crippen LogP) is 2.87. The van der Waals surface area contributed by atoms with Crippen molar-refractivity contribution in [1.29, 1.82) is 0 Å². The van der Waals surface area contributed by atoms with E-state index >= 15 is 0 Å². The second kappa shape index (κ2) is 7.47. The summed E-state index contributed by atoms with van der Waals surface area (Å²) in [7, 11) is 1.30. The molecule has 0 heterocycles. The lowest BCUT2D eigenvalue weighted by molar-refractivity contribution is -0.145. The van der Waals surface area contributed by atoms with Crippen LogP contribution in [0.15, 0.2) is 42.5 Å². The number of fused-ring (bicyclic) bond motifs is 1. The molecule has 0 unspecified atom stereocenters. The summed E-state index contributed by atoms with van der Waals surface area (Å²) in [6, 6.07) is 12.3. The van der Waals surface area contributed by atoms with E-state index in [0.29, 0.717) is 18.4 Å². The van der Waals surface area contributed by atoms with Gasteiger partial charge in [-0.2, -0.15) is 0 Å². The minimum absolute atomic E-state index is 0.129. The van der Waals surface area contributed by atoms with Gasteiger partial charge in [-0.25, -0.2) is 4.79 Å². The Morgan fingerprint density at radius 3 is 2.68 bits per heavy atom. The van der Waals surface area contributed by atoms with Crippen molar-refractivity contribution in [2.24, 2.45) is 5.92 Å². The minimum atomic E-state index is -0.805. The normalized spacial score (nSPS) is 18.6. The molecule has 0 spiro atoms. The smallest absolute Gasteiger partial charge is 0.328 e. The molecule has 0 bridgehead atoms. The lowest BCUT2D eigenvalue weighted by Gasteiger charge is -2.28. The van der Waals surface area contributed by atoms with Gasteiger partial charge in [-0.3, -0.25) is 9.59 Å². The number of esters is 1. The molecule has 0 aromatic heterocycles. The Hall–Kier alpha value is -2.69. The van der Waals surface area contributed by atoms with Crippen molar-refractivity contribution < 1.29 is 19.1 Å². The molecule has 1 saturated carbocycles. The van der Waals surface area contributed by atoms with Gasteiger partial charge in [-0.15, -0.1) is 0 Å². The minimum Gasteiger partial charge on any atom is -0.467 e. The van der Waals surface area contributed by atoms with Crippen molar-refractivity contribution in [3.05, 3.63) is 48.0 Å². The number of benzene rings is 2. The van der Waals surface area contributed by atoms with Gasteiger partial charge in [0.05, 0.1) is 7.11 Å². The number of carbonyl (C=O) groups excluding carboxylic acids is 3. The highest BCUT2D eigenvalue weighted by atomic mass is 16.5. The Morgan fingerprint density at radius 1 is 1.16 bits per heavy atom. The van der Waals surface area contributed by atoms with Gasteiger partial charge in [0, 0.05) is 18.4 Å². The van der Waals surface area contributed by atoms with E-state index in [0.717, 1.165) is 23.6 Å². The molecule has 1 fully saturated rings. The van der Waals surface area contributed by atoms with Crippen LogP contribution in [0.25, 0.3) is 10.8 Å². The molecule has 130 valence electrons. The first kappa shape index (κ1) is 17.1. The van der Waals surface area contributed by atoms with E-state index in [2.05, 4.69) is 5.32 Å². The van der Waals surface area contributed by atoms with Gasteiger partial charge < -0.3 is 10.1 Å². The number of ether oxygens (including phenoxy) is 1. The second-order valence-electron chi connectivity index (χ2n) is 6.40. The van der Waals surface area contributed by atoms with Crippen molar-refractivity contribution in [2.45, 2.75) is 31.7 Å². The summed E-state index contributed by atoms with van der Waals surface area (Å²) in [5.74, 6) is -0.921. The molecule has 0 radical (unpaired) electrons. The third kappa shape index (κ3) is 3.71. The number of amides is 1. The maximum Gasteiger partial charge on any atom is 0.328 e. The van der Waals surface area contributed by atoms with Gasteiger partial charge in [0.25, 0.3) is 5.91 Å². The topological polar surface area (TPSA) is 72.5 Å². The van der Waals surface area contributed by atoms with Crippen LogP contribution in [0, 0.1) is 5.92 Å². The van der Waals surface area contributed by atoms with Crippen molar-refractivity contribution in [1.82, 2.24) is 5.32 Å². The number of Topliss-reactive ketones (excluding diaryl/α,β-unsaturated/α-hetero) is 1. The zero-order valence-corrected chi connectivity index (χ0v) is 14.2. The highest BCUT2D eigenvalue weighted by Gasteiger charge is 2.34. The second-order valence-corrected chi connectivity index (χ2v) is 6.40. The number of rotatable bonds is 4. The van der Waals surface area contributed by atoms with Crippen LogP contribution in [0.2, 0.25) is 0 Å². The summed E-state index contributed by atoms with van der Waals surface area (Å²) in [5, 5.41) is 4.58. The van der Waals surface area contributed by atoms with Gasteiger partial charge in [-0.05, 0) is 35.6 Å². The van der Waals surface area contributed by atoms with Gasteiger partial charge >= 0.3 is 5.97 Å². The SMILES string of the molecule is COC(=O)[C@@H](NC(=O)c1cccc2ccccc12)[C@H]1CCCC(=O)C1. The van der Waals surface area contributed by atoms with Crippen LogP contribution in [0.4, 0.5) is 0 Å². The number of hydrogen-bond donors (Lipinski definition) is 1. The molecule has 5 heteroatoms. The van der Waals surface area contributed by atoms with E-state index in [9.17, 15) is 14.4 Å². The third-order valence-corrected chi connectivity index (χ3v) is 4.77. The Bertz CT molecular complexity index is 809. The number of hydrogen-bond acceptors (Lipinski definition) is 4. The van der Waals surface area contributed by atoms with E-state index in [4.69, 9.17) is 4.74 Å². The molecule has 0 saturated heterocycles. The van der Waals surface area contributed by atoms with Crippen LogP contribution in [-0.4, -0.2) is 30.8 Å². The molecule has 1 amide bonds. The molecule has 2 aromatic rings. The van der Waals surface area contributed by atoms with Crippen LogP contribution in [0.3, 0.4) is 0 Å². The summed E-state index contributed by atoms with van der Waals surface area (Å²) in [5.41, 5.74) is 0.508. The number of carbonyl (C=O) groups is 3. The molecule has 5 nitrogen and oxygen atoms in total. The average Bonchev–Trinajstić information content (AvgIpc) is 2.64. The summed E-state index contributed by atoms with van der Waals surface area (Å²) in [4.78, 5) is 36.8. The van der Waals surface area contributed by atoms with Gasteiger partial charge in [0.2, 0.25) is 0 Å². The van der Waals surface area contributed by atoms with Crippen molar-refractivity contribution in [3.8, 4) is 0 Å². The zero-order valence-electron chi connectivity index (χ0n) is 14.2. The molecule has 0 aliphatic heterocycles. The molecule has 2 aromatic carbocycles. The lowest BCUT2D eigenvalue weighted by Crippen LogP contribution is -2.48. The fourth-order valence-corrected chi connectivity index (χ4v) is 3.48. The summed E-state index contributed by atoms with van der Waals surface area (Å²) in [6.07, 6.45) is 2.31. The van der Waals surface area contributed by atoms with Gasteiger partial charge in [-0.1, -0.05) is 36.4 Å². The van der Waals surface area contributed by atoms with Gasteiger partial charge in [0.1, 0.15) is 11.8 Å². The Morgan fingerprint density at radius 2 is 1.92 bits per heavy atom. The number of nitrogens with one attached hydrogen (secondary N) is 1. The molecular weight excluding hydrogens is 318 g/mol. The van der Waals surface area contributed by atoms with Crippen molar-refractivity contribution >= 4 is 28.4 Å². The molecule has 2 atom stereocenters. The molecule has 1 aliphatic carbocycles. The Labute approximate surface area is 146 Å². The van der Waals surface area contributed by atoms with Crippen LogP contribution >= 0.6 is 0 Å². The van der Waals surface area contributed by atoms with Crippen LogP contribution in [0.1, 0.15) is 36.0 Å². The first-order valence-corrected chi connectivity index (χ1v) is 8.48. The molecule has 1 aliphatic rings. The first-order chi connectivity index (χ1) is 12.1. The van der Waals surface area contributed by atoms with E-state index in [1.807, 2.05) is 36.4 Å². The summed E-state index contributed by atoms with van der Waals surface area (Å²) >= 11 is 0. The first-order valence-electron chi connectivity index (χ1n) is 8.48. The van der Waals surface area contributed by atoms with E-state index in [1.165, 1.54) is 7.11 Å². The van der Waals surface area contributed by atoms with Crippen LogP contribution < -0.4 is 5.32 Å². The fraction of sp³-hybridized carbons (Fsp3) is 0.350. The Kier molecular flexibility index (Phi) is 5.12. The number of methoxy groups -OCH3 is 1. The third-order valence-electron chi connectivity index (χ3n) is 4.77. The van der Waals surface area contributed by atoms with E-state index < -0.39 is 12.0 Å².